The zero-order valence-electron chi connectivity index (χ0n) is 16.9. The summed E-state index contributed by atoms with van der Waals surface area (Å²) in [5, 5.41) is 5.75. The Hall–Kier alpha value is -2.30. The molecule has 0 radical (unpaired) electrons. The molecule has 0 heterocycles. The maximum atomic E-state index is 12.7. The van der Waals surface area contributed by atoms with E-state index in [4.69, 9.17) is 4.74 Å². The molecule has 1 aliphatic rings. The number of carbonyl (C=O) groups is 2. The number of hydrogen-bond acceptors (Lipinski definition) is 3. The molecule has 0 saturated carbocycles. The van der Waals surface area contributed by atoms with E-state index in [9.17, 15) is 9.59 Å². The van der Waals surface area contributed by atoms with Gasteiger partial charge in [0, 0.05) is 6.54 Å². The highest BCUT2D eigenvalue weighted by Crippen LogP contribution is 2.27. The largest absolute Gasteiger partial charge is 0.489 e. The van der Waals surface area contributed by atoms with Gasteiger partial charge in [-0.25, -0.2) is 0 Å². The second-order valence-corrected chi connectivity index (χ2v) is 7.86. The molecule has 5 nitrogen and oxygen atoms in total. The minimum Gasteiger partial charge on any atom is -0.489 e. The van der Waals surface area contributed by atoms with Crippen molar-refractivity contribution in [2.75, 3.05) is 11.9 Å². The molecule has 0 atom stereocenters. The highest BCUT2D eigenvalue weighted by molar-refractivity contribution is 6.10. The number of rotatable bonds is 8. The summed E-state index contributed by atoms with van der Waals surface area (Å²) in [4.78, 5) is 25.3. The third-order valence-electron chi connectivity index (χ3n) is 4.75. The quantitative estimate of drug-likeness (QED) is 0.523. The molecule has 1 aliphatic carbocycles. The van der Waals surface area contributed by atoms with Gasteiger partial charge >= 0.3 is 0 Å². The molecule has 2 N–H and O–H groups in total. The Bertz CT molecular complexity index is 693. The molecule has 0 saturated heterocycles. The van der Waals surface area contributed by atoms with Gasteiger partial charge in [0.05, 0.1) is 11.8 Å². The van der Waals surface area contributed by atoms with Crippen LogP contribution in [0.1, 0.15) is 59.8 Å². The van der Waals surface area contributed by atoms with Crippen LogP contribution in [0.25, 0.3) is 0 Å². The molecule has 0 fully saturated rings. The lowest BCUT2D eigenvalue weighted by molar-refractivity contribution is -0.138. The highest BCUT2D eigenvalue weighted by atomic mass is 16.5. The Kier molecular flexibility index (Phi) is 7.45. The number of hydrogen-bond donors (Lipinski definition) is 2. The van der Waals surface area contributed by atoms with Gasteiger partial charge in [0.25, 0.3) is 0 Å². The predicted molar refractivity (Wildman–Crippen MR) is 109 cm³/mol. The molecular formula is C22H32N2O3. The first-order valence-corrected chi connectivity index (χ1v) is 9.84. The Morgan fingerprint density at radius 3 is 2.56 bits per heavy atom. The van der Waals surface area contributed by atoms with Crippen LogP contribution < -0.4 is 15.4 Å². The van der Waals surface area contributed by atoms with Crippen molar-refractivity contribution in [2.24, 2.45) is 5.41 Å². The summed E-state index contributed by atoms with van der Waals surface area (Å²) < 4.78 is 5.73. The van der Waals surface area contributed by atoms with E-state index in [1.807, 2.05) is 26.0 Å². The Labute approximate surface area is 162 Å². The Morgan fingerprint density at radius 1 is 1.15 bits per heavy atom. The fraction of sp³-hybridized carbons (Fsp3) is 0.545. The predicted octanol–water partition coefficient (Wildman–Crippen LogP) is 4.45. The molecular weight excluding hydrogens is 340 g/mol. The van der Waals surface area contributed by atoms with Crippen LogP contribution >= 0.6 is 0 Å². The molecule has 0 bridgehead atoms. The first kappa shape index (κ1) is 21.0. The number of nitrogens with one attached hydrogen (secondary N) is 2. The zero-order valence-corrected chi connectivity index (χ0v) is 16.9. The van der Waals surface area contributed by atoms with Gasteiger partial charge in [0.1, 0.15) is 11.2 Å². The molecule has 2 rings (SSSR count). The zero-order chi connectivity index (χ0) is 19.9. The maximum Gasteiger partial charge on any atom is 0.239 e. The molecule has 1 aromatic rings. The molecule has 0 unspecified atom stereocenters. The molecule has 0 spiro atoms. The number of benzene rings is 1. The van der Waals surface area contributed by atoms with Crippen molar-refractivity contribution in [1.29, 1.82) is 0 Å². The van der Waals surface area contributed by atoms with Gasteiger partial charge in [-0.05, 0) is 71.9 Å². The number of amides is 2. The first-order chi connectivity index (χ1) is 12.8. The summed E-state index contributed by atoms with van der Waals surface area (Å²) in [6.07, 6.45) is 7.86. The van der Waals surface area contributed by atoms with Crippen LogP contribution in [0.5, 0.6) is 5.75 Å². The number of para-hydroxylation sites is 2. The van der Waals surface area contributed by atoms with E-state index in [1.165, 1.54) is 18.4 Å². The van der Waals surface area contributed by atoms with Crippen molar-refractivity contribution >= 4 is 17.5 Å². The summed E-state index contributed by atoms with van der Waals surface area (Å²) in [6.45, 7) is 7.71. The smallest absolute Gasteiger partial charge is 0.239 e. The lowest BCUT2D eigenvalue weighted by Gasteiger charge is -2.24. The van der Waals surface area contributed by atoms with Gasteiger partial charge in [-0.2, -0.15) is 0 Å². The summed E-state index contributed by atoms with van der Waals surface area (Å²) in [6, 6.07) is 7.26. The average molecular weight is 373 g/mol. The van der Waals surface area contributed by atoms with Gasteiger partial charge in [0.15, 0.2) is 0 Å². The third-order valence-corrected chi connectivity index (χ3v) is 4.75. The second-order valence-electron chi connectivity index (χ2n) is 7.86. The molecule has 148 valence electrons. The summed E-state index contributed by atoms with van der Waals surface area (Å²) in [7, 11) is 0. The van der Waals surface area contributed by atoms with Crippen LogP contribution in [0, 0.1) is 5.41 Å². The number of carbonyl (C=O) groups excluding carboxylic acids is 2. The van der Waals surface area contributed by atoms with E-state index in [2.05, 4.69) is 16.7 Å². The van der Waals surface area contributed by atoms with E-state index in [-0.39, 0.29) is 17.9 Å². The van der Waals surface area contributed by atoms with Crippen LogP contribution in [0.2, 0.25) is 0 Å². The lowest BCUT2D eigenvalue weighted by atomic mass is 9.90. The fourth-order valence-electron chi connectivity index (χ4n) is 3.00. The number of ether oxygens (including phenoxy) is 1. The van der Waals surface area contributed by atoms with Crippen molar-refractivity contribution in [1.82, 2.24) is 5.32 Å². The maximum absolute atomic E-state index is 12.7. The van der Waals surface area contributed by atoms with Crippen molar-refractivity contribution in [2.45, 2.75) is 65.9 Å². The van der Waals surface area contributed by atoms with Gasteiger partial charge in [0.2, 0.25) is 11.8 Å². The molecule has 27 heavy (non-hydrogen) atoms. The fourth-order valence-corrected chi connectivity index (χ4v) is 3.00. The van der Waals surface area contributed by atoms with E-state index in [0.717, 1.165) is 19.3 Å². The summed E-state index contributed by atoms with van der Waals surface area (Å²) >= 11 is 0. The second kappa shape index (κ2) is 9.58. The minimum atomic E-state index is -1.17. The van der Waals surface area contributed by atoms with E-state index >= 15 is 0 Å². The van der Waals surface area contributed by atoms with Crippen LogP contribution in [0.4, 0.5) is 5.69 Å². The van der Waals surface area contributed by atoms with Crippen molar-refractivity contribution in [3.63, 3.8) is 0 Å². The van der Waals surface area contributed by atoms with E-state index in [0.29, 0.717) is 18.0 Å². The van der Waals surface area contributed by atoms with Crippen LogP contribution in [-0.2, 0) is 9.59 Å². The first-order valence-electron chi connectivity index (χ1n) is 9.84. The monoisotopic (exact) mass is 372 g/mol. The van der Waals surface area contributed by atoms with Crippen LogP contribution in [0.15, 0.2) is 35.9 Å². The van der Waals surface area contributed by atoms with Crippen LogP contribution in [-0.4, -0.2) is 24.5 Å². The topological polar surface area (TPSA) is 67.4 Å². The Balaban J connectivity index is 1.93. The SMILES string of the molecule is CC(C)Oc1ccccc1NC(=O)C(C)(C)C(=O)NCCC1=CCCCC1. The Morgan fingerprint density at radius 2 is 1.89 bits per heavy atom. The van der Waals surface area contributed by atoms with Gasteiger partial charge in [-0.1, -0.05) is 23.8 Å². The van der Waals surface area contributed by atoms with Crippen molar-refractivity contribution < 1.29 is 14.3 Å². The van der Waals surface area contributed by atoms with E-state index in [1.54, 1.807) is 26.0 Å². The average Bonchev–Trinajstić information content (AvgIpc) is 2.63. The van der Waals surface area contributed by atoms with Gasteiger partial charge < -0.3 is 15.4 Å². The highest BCUT2D eigenvalue weighted by Gasteiger charge is 2.36. The molecule has 0 aromatic heterocycles. The number of allylic oxidation sites excluding steroid dienone is 1. The summed E-state index contributed by atoms with van der Waals surface area (Å²) in [5.41, 5.74) is 0.805. The molecule has 5 heteroatoms. The summed E-state index contributed by atoms with van der Waals surface area (Å²) in [5.74, 6) is -0.0170. The van der Waals surface area contributed by atoms with Crippen molar-refractivity contribution in [3.8, 4) is 5.75 Å². The van der Waals surface area contributed by atoms with Gasteiger partial charge in [-0.3, -0.25) is 9.59 Å². The lowest BCUT2D eigenvalue weighted by Crippen LogP contribution is -2.45. The van der Waals surface area contributed by atoms with Crippen molar-refractivity contribution in [3.05, 3.63) is 35.9 Å². The molecule has 2 amide bonds. The van der Waals surface area contributed by atoms with E-state index < -0.39 is 5.41 Å². The van der Waals surface area contributed by atoms with Gasteiger partial charge in [-0.15, -0.1) is 0 Å². The normalized spacial score (nSPS) is 14.5. The van der Waals surface area contributed by atoms with Crippen LogP contribution in [0.3, 0.4) is 0 Å². The number of anilines is 1. The standard InChI is InChI=1S/C22H32N2O3/c1-16(2)27-19-13-9-8-12-18(19)24-21(26)22(3,4)20(25)23-15-14-17-10-6-5-7-11-17/h8-10,12-13,16H,5-7,11,14-15H2,1-4H3,(H,23,25)(H,24,26). The molecule has 0 aliphatic heterocycles. The third kappa shape index (κ3) is 6.12. The minimum absolute atomic E-state index is 0.00606. The molecule has 1 aromatic carbocycles.